The summed E-state index contributed by atoms with van der Waals surface area (Å²) < 4.78 is 11.1. The van der Waals surface area contributed by atoms with E-state index in [1.54, 1.807) is 7.11 Å². The van der Waals surface area contributed by atoms with Crippen LogP contribution in [0.2, 0.25) is 0 Å². The van der Waals surface area contributed by atoms with E-state index in [2.05, 4.69) is 17.3 Å². The van der Waals surface area contributed by atoms with Crippen LogP contribution >= 0.6 is 0 Å². The number of aromatic nitrogens is 1. The number of methoxy groups -OCH3 is 1. The predicted octanol–water partition coefficient (Wildman–Crippen LogP) is 4.43. The lowest BCUT2D eigenvalue weighted by atomic mass is 9.89. The van der Waals surface area contributed by atoms with Gasteiger partial charge in [-0.3, -0.25) is 0 Å². The number of rotatable bonds is 5. The second-order valence-electron chi connectivity index (χ2n) is 6.66. The van der Waals surface area contributed by atoms with Crippen LogP contribution in [0.25, 0.3) is 22.4 Å². The Morgan fingerprint density at radius 3 is 2.28 bits per heavy atom. The molecule has 0 radical (unpaired) electrons. The van der Waals surface area contributed by atoms with Gasteiger partial charge >= 0.3 is 0 Å². The standard InChI is InChI=1S/C21H21NO3/c1-14(23)21(12-13-21)20-18(15-6-4-3-5-7-15)19(22-25-20)16-8-10-17(24-2)11-9-16/h3-11,14,23H,12-13H2,1-2H3/t14-/m1/s1. The normalized spacial score (nSPS) is 16.4. The fourth-order valence-electron chi connectivity index (χ4n) is 3.42. The lowest BCUT2D eigenvalue weighted by Gasteiger charge is -2.17. The quantitative estimate of drug-likeness (QED) is 0.749. The van der Waals surface area contributed by atoms with Crippen LogP contribution in [0.4, 0.5) is 0 Å². The van der Waals surface area contributed by atoms with Gasteiger partial charge in [-0.1, -0.05) is 35.5 Å². The highest BCUT2D eigenvalue weighted by Gasteiger charge is 2.53. The molecule has 1 fully saturated rings. The van der Waals surface area contributed by atoms with Crippen molar-refractivity contribution in [3.8, 4) is 28.1 Å². The summed E-state index contributed by atoms with van der Waals surface area (Å²) in [5.41, 5.74) is 3.48. The summed E-state index contributed by atoms with van der Waals surface area (Å²) in [6.45, 7) is 1.83. The van der Waals surface area contributed by atoms with Crippen molar-refractivity contribution in [3.05, 3.63) is 60.4 Å². The monoisotopic (exact) mass is 335 g/mol. The maximum absolute atomic E-state index is 10.3. The molecule has 3 aromatic rings. The van der Waals surface area contributed by atoms with Crippen molar-refractivity contribution in [1.82, 2.24) is 5.16 Å². The summed E-state index contributed by atoms with van der Waals surface area (Å²) >= 11 is 0. The fourth-order valence-corrected chi connectivity index (χ4v) is 3.42. The van der Waals surface area contributed by atoms with Gasteiger partial charge < -0.3 is 14.4 Å². The molecule has 1 saturated carbocycles. The van der Waals surface area contributed by atoms with E-state index in [-0.39, 0.29) is 5.41 Å². The molecule has 0 spiro atoms. The molecule has 1 atom stereocenters. The molecular formula is C21H21NO3. The van der Waals surface area contributed by atoms with Gasteiger partial charge in [-0.05, 0) is 49.6 Å². The molecule has 0 saturated heterocycles. The van der Waals surface area contributed by atoms with E-state index in [4.69, 9.17) is 9.26 Å². The van der Waals surface area contributed by atoms with Crippen molar-refractivity contribution in [2.75, 3.05) is 7.11 Å². The molecule has 1 aliphatic rings. The van der Waals surface area contributed by atoms with Crippen molar-refractivity contribution >= 4 is 0 Å². The zero-order valence-electron chi connectivity index (χ0n) is 14.4. The van der Waals surface area contributed by atoms with E-state index < -0.39 is 6.10 Å². The van der Waals surface area contributed by atoms with Crippen molar-refractivity contribution < 1.29 is 14.4 Å². The zero-order chi connectivity index (χ0) is 17.4. The minimum Gasteiger partial charge on any atom is -0.497 e. The third-order valence-corrected chi connectivity index (χ3v) is 5.16. The van der Waals surface area contributed by atoms with Gasteiger partial charge in [0.1, 0.15) is 11.4 Å². The Balaban J connectivity index is 1.89. The van der Waals surface area contributed by atoms with Gasteiger partial charge in [-0.15, -0.1) is 0 Å². The van der Waals surface area contributed by atoms with Crippen LogP contribution in [0.5, 0.6) is 5.75 Å². The molecule has 1 aliphatic carbocycles. The molecule has 2 aromatic carbocycles. The van der Waals surface area contributed by atoms with Gasteiger partial charge in [0, 0.05) is 5.56 Å². The highest BCUT2D eigenvalue weighted by atomic mass is 16.5. The van der Waals surface area contributed by atoms with Crippen LogP contribution < -0.4 is 4.74 Å². The highest BCUT2D eigenvalue weighted by Crippen LogP contribution is 2.55. The van der Waals surface area contributed by atoms with Crippen LogP contribution in [-0.2, 0) is 5.41 Å². The molecule has 0 unspecified atom stereocenters. The molecule has 1 heterocycles. The molecular weight excluding hydrogens is 314 g/mol. The Bertz CT molecular complexity index is 862. The molecule has 1 aromatic heterocycles. The molecule has 4 heteroatoms. The summed E-state index contributed by atoms with van der Waals surface area (Å²) in [4.78, 5) is 0. The number of aliphatic hydroxyl groups excluding tert-OH is 1. The Morgan fingerprint density at radius 2 is 1.72 bits per heavy atom. The third kappa shape index (κ3) is 2.63. The topological polar surface area (TPSA) is 55.5 Å². The van der Waals surface area contributed by atoms with E-state index in [1.807, 2.05) is 49.4 Å². The molecule has 0 aliphatic heterocycles. The number of aliphatic hydroxyl groups is 1. The van der Waals surface area contributed by atoms with Crippen LogP contribution in [0.1, 0.15) is 25.5 Å². The number of ether oxygens (including phenoxy) is 1. The Kier molecular flexibility index (Phi) is 3.85. The Labute approximate surface area is 147 Å². The van der Waals surface area contributed by atoms with Crippen LogP contribution in [-0.4, -0.2) is 23.5 Å². The highest BCUT2D eigenvalue weighted by molar-refractivity contribution is 5.83. The van der Waals surface area contributed by atoms with Gasteiger partial charge in [-0.25, -0.2) is 0 Å². The fraction of sp³-hybridized carbons (Fsp3) is 0.286. The molecule has 0 bridgehead atoms. The van der Waals surface area contributed by atoms with Gasteiger partial charge in [0.15, 0.2) is 5.76 Å². The molecule has 1 N–H and O–H groups in total. The average molecular weight is 335 g/mol. The van der Waals surface area contributed by atoms with Gasteiger partial charge in [0.25, 0.3) is 0 Å². The predicted molar refractivity (Wildman–Crippen MR) is 96.5 cm³/mol. The first-order valence-corrected chi connectivity index (χ1v) is 8.54. The first-order valence-electron chi connectivity index (χ1n) is 8.54. The van der Waals surface area contributed by atoms with Crippen LogP contribution in [0.3, 0.4) is 0 Å². The number of hydrogen-bond donors (Lipinski definition) is 1. The Hall–Kier alpha value is -2.59. The van der Waals surface area contributed by atoms with Gasteiger partial charge in [0.05, 0.1) is 24.2 Å². The Morgan fingerprint density at radius 1 is 1.04 bits per heavy atom. The van der Waals surface area contributed by atoms with Crippen molar-refractivity contribution in [1.29, 1.82) is 0 Å². The average Bonchev–Trinajstić information content (AvgIpc) is 3.35. The second-order valence-corrected chi connectivity index (χ2v) is 6.66. The van der Waals surface area contributed by atoms with E-state index in [0.29, 0.717) is 0 Å². The van der Waals surface area contributed by atoms with Crippen molar-refractivity contribution in [2.45, 2.75) is 31.3 Å². The smallest absolute Gasteiger partial charge is 0.153 e. The van der Waals surface area contributed by atoms with Crippen molar-refractivity contribution in [2.24, 2.45) is 0 Å². The number of nitrogens with zero attached hydrogens (tertiary/aromatic N) is 1. The maximum Gasteiger partial charge on any atom is 0.153 e. The zero-order valence-corrected chi connectivity index (χ0v) is 14.4. The van der Waals surface area contributed by atoms with E-state index in [0.717, 1.165) is 46.7 Å². The summed E-state index contributed by atoms with van der Waals surface area (Å²) in [6.07, 6.45) is 1.37. The van der Waals surface area contributed by atoms with E-state index >= 15 is 0 Å². The maximum atomic E-state index is 10.3. The summed E-state index contributed by atoms with van der Waals surface area (Å²) in [5, 5.41) is 14.7. The first kappa shape index (κ1) is 15.9. The van der Waals surface area contributed by atoms with Crippen LogP contribution in [0, 0.1) is 0 Å². The number of hydrogen-bond acceptors (Lipinski definition) is 4. The molecule has 4 rings (SSSR count). The van der Waals surface area contributed by atoms with Crippen LogP contribution in [0.15, 0.2) is 59.1 Å². The van der Waals surface area contributed by atoms with Crippen molar-refractivity contribution in [3.63, 3.8) is 0 Å². The summed E-state index contributed by atoms with van der Waals surface area (Å²) in [6, 6.07) is 17.9. The van der Waals surface area contributed by atoms with E-state index in [1.165, 1.54) is 0 Å². The largest absolute Gasteiger partial charge is 0.497 e. The van der Waals surface area contributed by atoms with E-state index in [9.17, 15) is 5.11 Å². The first-order chi connectivity index (χ1) is 12.2. The summed E-state index contributed by atoms with van der Waals surface area (Å²) in [5.74, 6) is 1.59. The SMILES string of the molecule is COc1ccc(-c2noc(C3([C@@H](C)O)CC3)c2-c2ccccc2)cc1. The molecule has 128 valence electrons. The summed E-state index contributed by atoms with van der Waals surface area (Å²) in [7, 11) is 1.65. The number of benzene rings is 2. The molecule has 4 nitrogen and oxygen atoms in total. The molecule has 0 amide bonds. The third-order valence-electron chi connectivity index (χ3n) is 5.16. The van der Waals surface area contributed by atoms with Gasteiger partial charge in [-0.2, -0.15) is 0 Å². The minimum atomic E-state index is -0.466. The lowest BCUT2D eigenvalue weighted by Crippen LogP contribution is -2.22. The minimum absolute atomic E-state index is 0.317. The van der Waals surface area contributed by atoms with Gasteiger partial charge in [0.2, 0.25) is 0 Å². The second kappa shape index (κ2) is 6.05. The lowest BCUT2D eigenvalue weighted by molar-refractivity contribution is 0.134. The molecule has 25 heavy (non-hydrogen) atoms.